The van der Waals surface area contributed by atoms with Crippen LogP contribution in [-0.2, 0) is 0 Å². The lowest BCUT2D eigenvalue weighted by atomic mass is 10.2. The molecule has 0 saturated carbocycles. The molecule has 2 aromatic rings. The molecule has 2 aromatic heterocycles. The van der Waals surface area contributed by atoms with Crippen LogP contribution in [0.5, 0.6) is 0 Å². The molecule has 2 rings (SSSR count). The highest BCUT2D eigenvalue weighted by atomic mass is 32.1. The molecule has 0 atom stereocenters. The molecule has 92 valence electrons. The maximum absolute atomic E-state index is 8.72. The summed E-state index contributed by atoms with van der Waals surface area (Å²) in [5, 5.41) is 11.7. The minimum atomic E-state index is 0.567. The predicted octanol–water partition coefficient (Wildman–Crippen LogP) is 2.92. The van der Waals surface area contributed by atoms with Gasteiger partial charge in [0.25, 0.3) is 0 Å². The Labute approximate surface area is 111 Å². The second kappa shape index (κ2) is 5.61. The molecule has 0 aromatic carbocycles. The van der Waals surface area contributed by atoms with Crippen molar-refractivity contribution in [1.29, 1.82) is 5.26 Å². The van der Waals surface area contributed by atoms with Crippen molar-refractivity contribution in [2.24, 2.45) is 0 Å². The molecule has 5 heteroatoms. The topological polar surface area (TPSA) is 52.8 Å². The SMILES string of the molecule is CCCN(C)c1nc(-c2ccc(C#N)cn2)cs1. The minimum absolute atomic E-state index is 0.567. The second-order valence-electron chi connectivity index (χ2n) is 3.98. The molecule has 4 nitrogen and oxygen atoms in total. The van der Waals surface area contributed by atoms with Gasteiger partial charge in [-0.25, -0.2) is 4.98 Å². The fraction of sp³-hybridized carbons (Fsp3) is 0.308. The summed E-state index contributed by atoms with van der Waals surface area (Å²) in [7, 11) is 2.04. The Bertz CT molecular complexity index is 553. The summed E-state index contributed by atoms with van der Waals surface area (Å²) in [5.74, 6) is 0. The summed E-state index contributed by atoms with van der Waals surface area (Å²) in [6.45, 7) is 3.14. The summed E-state index contributed by atoms with van der Waals surface area (Å²) in [6.07, 6.45) is 2.67. The van der Waals surface area contributed by atoms with Gasteiger partial charge in [-0.15, -0.1) is 11.3 Å². The third-order valence-corrected chi connectivity index (χ3v) is 3.49. The number of pyridine rings is 1. The van der Waals surface area contributed by atoms with Crippen LogP contribution in [0.15, 0.2) is 23.7 Å². The van der Waals surface area contributed by atoms with Gasteiger partial charge in [0.15, 0.2) is 5.13 Å². The van der Waals surface area contributed by atoms with Gasteiger partial charge < -0.3 is 4.90 Å². The van der Waals surface area contributed by atoms with E-state index in [-0.39, 0.29) is 0 Å². The molecule has 0 aliphatic carbocycles. The molecule has 2 heterocycles. The van der Waals surface area contributed by atoms with Crippen LogP contribution in [0.25, 0.3) is 11.4 Å². The Morgan fingerprint density at radius 1 is 1.39 bits per heavy atom. The van der Waals surface area contributed by atoms with Crippen molar-refractivity contribution in [1.82, 2.24) is 9.97 Å². The molecule has 0 spiro atoms. The largest absolute Gasteiger partial charge is 0.351 e. The summed E-state index contributed by atoms with van der Waals surface area (Å²) < 4.78 is 0. The van der Waals surface area contributed by atoms with E-state index in [9.17, 15) is 0 Å². The van der Waals surface area contributed by atoms with Crippen LogP contribution < -0.4 is 4.90 Å². The maximum atomic E-state index is 8.72. The summed E-state index contributed by atoms with van der Waals surface area (Å²) in [4.78, 5) is 10.9. The van der Waals surface area contributed by atoms with E-state index in [1.165, 1.54) is 0 Å². The van der Waals surface area contributed by atoms with Crippen molar-refractivity contribution in [2.45, 2.75) is 13.3 Å². The molecule has 0 aliphatic rings. The molecule has 0 fully saturated rings. The highest BCUT2D eigenvalue weighted by molar-refractivity contribution is 7.14. The van der Waals surface area contributed by atoms with Crippen LogP contribution in [0.3, 0.4) is 0 Å². The standard InChI is InChI=1S/C13H14N4S/c1-3-6-17(2)13-16-12(9-18-13)11-5-4-10(7-14)8-15-11/h4-5,8-9H,3,6H2,1-2H3. The van der Waals surface area contributed by atoms with Gasteiger partial charge in [0.05, 0.1) is 11.3 Å². The summed E-state index contributed by atoms with van der Waals surface area (Å²) >= 11 is 1.61. The fourth-order valence-electron chi connectivity index (χ4n) is 1.60. The van der Waals surface area contributed by atoms with E-state index >= 15 is 0 Å². The first-order chi connectivity index (χ1) is 8.74. The number of hydrogen-bond donors (Lipinski definition) is 0. The Kier molecular flexibility index (Phi) is 3.90. The molecular weight excluding hydrogens is 244 g/mol. The van der Waals surface area contributed by atoms with E-state index in [0.717, 1.165) is 29.5 Å². The number of rotatable bonds is 4. The molecule has 0 N–H and O–H groups in total. The number of anilines is 1. The third-order valence-electron chi connectivity index (χ3n) is 2.53. The average molecular weight is 258 g/mol. The van der Waals surface area contributed by atoms with Crippen LogP contribution in [-0.4, -0.2) is 23.6 Å². The van der Waals surface area contributed by atoms with Crippen LogP contribution in [0.4, 0.5) is 5.13 Å². The maximum Gasteiger partial charge on any atom is 0.185 e. The van der Waals surface area contributed by atoms with Gasteiger partial charge in [0, 0.05) is 25.2 Å². The van der Waals surface area contributed by atoms with Gasteiger partial charge in [-0.3, -0.25) is 4.98 Å². The Hall–Kier alpha value is -1.93. The molecule has 0 radical (unpaired) electrons. The van der Waals surface area contributed by atoms with Gasteiger partial charge in [0.1, 0.15) is 11.8 Å². The molecular formula is C13H14N4S. The van der Waals surface area contributed by atoms with Gasteiger partial charge >= 0.3 is 0 Å². The van der Waals surface area contributed by atoms with Crippen molar-refractivity contribution >= 4 is 16.5 Å². The number of aromatic nitrogens is 2. The second-order valence-corrected chi connectivity index (χ2v) is 4.82. The van der Waals surface area contributed by atoms with E-state index in [0.29, 0.717) is 5.56 Å². The van der Waals surface area contributed by atoms with Gasteiger partial charge in [-0.2, -0.15) is 5.26 Å². The quantitative estimate of drug-likeness (QED) is 0.846. The van der Waals surface area contributed by atoms with E-state index in [1.54, 1.807) is 23.6 Å². The number of nitriles is 1. The van der Waals surface area contributed by atoms with E-state index in [1.807, 2.05) is 18.5 Å². The van der Waals surface area contributed by atoms with Crippen molar-refractivity contribution in [3.63, 3.8) is 0 Å². The van der Waals surface area contributed by atoms with Gasteiger partial charge in [0.2, 0.25) is 0 Å². The Morgan fingerprint density at radius 3 is 2.83 bits per heavy atom. The molecule has 0 unspecified atom stereocenters. The average Bonchev–Trinajstić information content (AvgIpc) is 2.89. The van der Waals surface area contributed by atoms with Gasteiger partial charge in [-0.1, -0.05) is 6.92 Å². The Balaban J connectivity index is 2.21. The third kappa shape index (κ3) is 2.66. The molecule has 0 aliphatic heterocycles. The zero-order chi connectivity index (χ0) is 13.0. The summed E-state index contributed by atoms with van der Waals surface area (Å²) in [6, 6.07) is 5.65. The molecule has 0 bridgehead atoms. The van der Waals surface area contributed by atoms with Gasteiger partial charge in [-0.05, 0) is 18.6 Å². The lowest BCUT2D eigenvalue weighted by molar-refractivity contribution is 0.848. The number of thiazole rings is 1. The zero-order valence-corrected chi connectivity index (χ0v) is 11.2. The first-order valence-corrected chi connectivity index (χ1v) is 6.65. The van der Waals surface area contributed by atoms with E-state index in [2.05, 4.69) is 27.9 Å². The predicted molar refractivity (Wildman–Crippen MR) is 73.6 cm³/mol. The molecule has 0 amide bonds. The first-order valence-electron chi connectivity index (χ1n) is 5.77. The zero-order valence-electron chi connectivity index (χ0n) is 10.4. The lowest BCUT2D eigenvalue weighted by Gasteiger charge is -2.13. The Morgan fingerprint density at radius 2 is 2.22 bits per heavy atom. The number of nitrogens with zero attached hydrogens (tertiary/aromatic N) is 4. The normalized spacial score (nSPS) is 10.1. The summed E-state index contributed by atoms with van der Waals surface area (Å²) in [5.41, 5.74) is 2.24. The smallest absolute Gasteiger partial charge is 0.185 e. The van der Waals surface area contributed by atoms with Crippen LogP contribution in [0.1, 0.15) is 18.9 Å². The highest BCUT2D eigenvalue weighted by Crippen LogP contribution is 2.25. The molecule has 18 heavy (non-hydrogen) atoms. The van der Waals surface area contributed by atoms with Crippen LogP contribution >= 0.6 is 11.3 Å². The highest BCUT2D eigenvalue weighted by Gasteiger charge is 2.08. The van der Waals surface area contributed by atoms with Crippen molar-refractivity contribution in [3.05, 3.63) is 29.3 Å². The first kappa shape index (κ1) is 12.5. The number of hydrogen-bond acceptors (Lipinski definition) is 5. The lowest BCUT2D eigenvalue weighted by Crippen LogP contribution is -2.17. The van der Waals surface area contributed by atoms with Crippen LogP contribution in [0.2, 0.25) is 0 Å². The van der Waals surface area contributed by atoms with Crippen LogP contribution in [0, 0.1) is 11.3 Å². The fourth-order valence-corrected chi connectivity index (χ4v) is 2.41. The van der Waals surface area contributed by atoms with Crippen molar-refractivity contribution < 1.29 is 0 Å². The molecule has 0 saturated heterocycles. The van der Waals surface area contributed by atoms with Crippen molar-refractivity contribution in [2.75, 3.05) is 18.5 Å². The van der Waals surface area contributed by atoms with Crippen molar-refractivity contribution in [3.8, 4) is 17.5 Å². The minimum Gasteiger partial charge on any atom is -0.351 e. The monoisotopic (exact) mass is 258 g/mol. The van der Waals surface area contributed by atoms with E-state index < -0.39 is 0 Å². The van der Waals surface area contributed by atoms with E-state index in [4.69, 9.17) is 5.26 Å².